The Morgan fingerprint density at radius 2 is 2.42 bits per heavy atom. The fourth-order valence-corrected chi connectivity index (χ4v) is 0.904. The molecule has 1 atom stereocenters. The molecule has 0 spiro atoms. The average molecular weight is 163 g/mol. The minimum atomic E-state index is -0.172. The van der Waals surface area contributed by atoms with Gasteiger partial charge in [-0.05, 0) is 18.1 Å². The van der Waals surface area contributed by atoms with Gasteiger partial charge in [-0.15, -0.1) is 0 Å². The minimum absolute atomic E-state index is 0.172. The van der Waals surface area contributed by atoms with Crippen LogP contribution in [-0.2, 0) is 6.42 Å². The molecular weight excluding hydrogens is 150 g/mol. The number of nitrogens with two attached hydrogens (primary N) is 2. The zero-order valence-corrected chi connectivity index (χ0v) is 6.90. The lowest BCUT2D eigenvalue weighted by atomic mass is 10.1. The van der Waals surface area contributed by atoms with E-state index in [1.54, 1.807) is 12.4 Å². The lowest BCUT2D eigenvalue weighted by molar-refractivity contribution is 0.755. The van der Waals surface area contributed by atoms with E-state index in [-0.39, 0.29) is 6.04 Å². The van der Waals surface area contributed by atoms with Gasteiger partial charge in [-0.2, -0.15) is 0 Å². The van der Waals surface area contributed by atoms with Gasteiger partial charge in [-0.25, -0.2) is 0 Å². The second-order valence-corrected chi connectivity index (χ2v) is 2.75. The Balaban J connectivity index is 2.58. The minimum Gasteiger partial charge on any atom is -0.401 e. The van der Waals surface area contributed by atoms with Crippen LogP contribution in [0.25, 0.3) is 0 Å². The van der Waals surface area contributed by atoms with Gasteiger partial charge >= 0.3 is 0 Å². The van der Waals surface area contributed by atoms with Gasteiger partial charge in [0.15, 0.2) is 0 Å². The summed E-state index contributed by atoms with van der Waals surface area (Å²) in [4.78, 5) is 3.97. The SMILES string of the molecule is C=C(N)C(N)Cc1cccnc1. The van der Waals surface area contributed by atoms with Crippen LogP contribution >= 0.6 is 0 Å². The van der Waals surface area contributed by atoms with E-state index in [0.717, 1.165) is 5.56 Å². The Morgan fingerprint density at radius 1 is 1.67 bits per heavy atom. The molecule has 0 aliphatic rings. The maximum absolute atomic E-state index is 5.70. The fourth-order valence-electron chi connectivity index (χ4n) is 0.904. The molecule has 0 aromatic carbocycles. The van der Waals surface area contributed by atoms with E-state index < -0.39 is 0 Å². The highest BCUT2D eigenvalue weighted by Crippen LogP contribution is 2.01. The van der Waals surface area contributed by atoms with Crippen LogP contribution in [0.2, 0.25) is 0 Å². The van der Waals surface area contributed by atoms with Crippen molar-refractivity contribution >= 4 is 0 Å². The summed E-state index contributed by atoms with van der Waals surface area (Å²) in [6.07, 6.45) is 4.21. The summed E-state index contributed by atoms with van der Waals surface area (Å²) in [7, 11) is 0. The lowest BCUT2D eigenvalue weighted by Gasteiger charge is -2.09. The van der Waals surface area contributed by atoms with Crippen molar-refractivity contribution in [2.45, 2.75) is 12.5 Å². The maximum atomic E-state index is 5.70. The molecule has 0 radical (unpaired) electrons. The van der Waals surface area contributed by atoms with Gasteiger partial charge in [0.25, 0.3) is 0 Å². The number of hydrogen-bond donors (Lipinski definition) is 2. The van der Waals surface area contributed by atoms with Crippen LogP contribution in [0.3, 0.4) is 0 Å². The third-order valence-electron chi connectivity index (χ3n) is 1.65. The Hall–Kier alpha value is -1.35. The second-order valence-electron chi connectivity index (χ2n) is 2.75. The van der Waals surface area contributed by atoms with E-state index in [1.807, 2.05) is 12.1 Å². The average Bonchev–Trinajstić information content (AvgIpc) is 2.06. The largest absolute Gasteiger partial charge is 0.401 e. The molecule has 1 unspecified atom stereocenters. The number of aromatic nitrogens is 1. The molecule has 0 saturated carbocycles. The van der Waals surface area contributed by atoms with Crippen LogP contribution in [0.5, 0.6) is 0 Å². The molecule has 3 nitrogen and oxygen atoms in total. The number of pyridine rings is 1. The molecular formula is C9H13N3. The zero-order chi connectivity index (χ0) is 8.97. The topological polar surface area (TPSA) is 64.9 Å². The first-order chi connectivity index (χ1) is 5.70. The van der Waals surface area contributed by atoms with E-state index >= 15 is 0 Å². The molecule has 0 saturated heterocycles. The standard InChI is InChI=1S/C9H13N3/c1-7(10)9(11)5-8-3-2-4-12-6-8/h2-4,6,9H,1,5,10-11H2. The van der Waals surface area contributed by atoms with E-state index in [1.165, 1.54) is 0 Å². The third-order valence-corrected chi connectivity index (χ3v) is 1.65. The Labute approximate surface area is 72.1 Å². The summed E-state index contributed by atoms with van der Waals surface area (Å²) >= 11 is 0. The van der Waals surface area contributed by atoms with Crippen molar-refractivity contribution in [1.82, 2.24) is 4.98 Å². The van der Waals surface area contributed by atoms with Crippen LogP contribution < -0.4 is 11.5 Å². The van der Waals surface area contributed by atoms with Crippen molar-refractivity contribution in [2.24, 2.45) is 11.5 Å². The van der Waals surface area contributed by atoms with Gasteiger partial charge in [-0.3, -0.25) is 4.98 Å². The van der Waals surface area contributed by atoms with Crippen LogP contribution in [0.15, 0.2) is 36.8 Å². The first-order valence-electron chi connectivity index (χ1n) is 3.79. The first-order valence-corrected chi connectivity index (χ1v) is 3.79. The van der Waals surface area contributed by atoms with Crippen molar-refractivity contribution in [2.75, 3.05) is 0 Å². The van der Waals surface area contributed by atoms with E-state index in [9.17, 15) is 0 Å². The second kappa shape index (κ2) is 3.88. The zero-order valence-electron chi connectivity index (χ0n) is 6.90. The van der Waals surface area contributed by atoms with E-state index in [2.05, 4.69) is 11.6 Å². The molecule has 1 heterocycles. The predicted octanol–water partition coefficient (Wildman–Crippen LogP) is 0.424. The summed E-state index contributed by atoms with van der Waals surface area (Å²) < 4.78 is 0. The first kappa shape index (κ1) is 8.74. The molecule has 0 aliphatic carbocycles. The van der Waals surface area contributed by atoms with E-state index in [0.29, 0.717) is 12.1 Å². The Bertz CT molecular complexity index is 256. The fraction of sp³-hybridized carbons (Fsp3) is 0.222. The van der Waals surface area contributed by atoms with Gasteiger partial charge in [-0.1, -0.05) is 12.6 Å². The Morgan fingerprint density at radius 3 is 2.92 bits per heavy atom. The number of nitrogens with zero attached hydrogens (tertiary/aromatic N) is 1. The molecule has 64 valence electrons. The quantitative estimate of drug-likeness (QED) is 0.679. The van der Waals surface area contributed by atoms with Gasteiger partial charge in [0.05, 0.1) is 0 Å². The van der Waals surface area contributed by atoms with Crippen LogP contribution in [0, 0.1) is 0 Å². The van der Waals surface area contributed by atoms with Gasteiger partial charge < -0.3 is 11.5 Å². The maximum Gasteiger partial charge on any atom is 0.0477 e. The van der Waals surface area contributed by atoms with Crippen molar-refractivity contribution < 1.29 is 0 Å². The molecule has 0 fully saturated rings. The molecule has 0 aliphatic heterocycles. The van der Waals surface area contributed by atoms with Gasteiger partial charge in [0, 0.05) is 24.1 Å². The monoisotopic (exact) mass is 163 g/mol. The van der Waals surface area contributed by atoms with Crippen molar-refractivity contribution in [3.05, 3.63) is 42.4 Å². The molecule has 4 N–H and O–H groups in total. The molecule has 0 amide bonds. The molecule has 1 aromatic rings. The molecule has 1 rings (SSSR count). The highest BCUT2D eigenvalue weighted by molar-refractivity contribution is 5.14. The van der Waals surface area contributed by atoms with Gasteiger partial charge in [0.2, 0.25) is 0 Å². The normalized spacial score (nSPS) is 12.4. The molecule has 12 heavy (non-hydrogen) atoms. The van der Waals surface area contributed by atoms with Crippen molar-refractivity contribution in [3.63, 3.8) is 0 Å². The summed E-state index contributed by atoms with van der Waals surface area (Å²) in [5.74, 6) is 0. The van der Waals surface area contributed by atoms with Gasteiger partial charge in [0.1, 0.15) is 0 Å². The Kier molecular flexibility index (Phi) is 2.82. The van der Waals surface area contributed by atoms with Crippen LogP contribution in [0.4, 0.5) is 0 Å². The smallest absolute Gasteiger partial charge is 0.0477 e. The summed E-state index contributed by atoms with van der Waals surface area (Å²) in [6, 6.07) is 3.67. The highest BCUT2D eigenvalue weighted by atomic mass is 14.7. The number of rotatable bonds is 3. The summed E-state index contributed by atoms with van der Waals surface area (Å²) in [5, 5.41) is 0. The lowest BCUT2D eigenvalue weighted by Crippen LogP contribution is -2.28. The molecule has 0 bridgehead atoms. The van der Waals surface area contributed by atoms with E-state index in [4.69, 9.17) is 11.5 Å². The highest BCUT2D eigenvalue weighted by Gasteiger charge is 2.03. The van der Waals surface area contributed by atoms with Crippen molar-refractivity contribution in [1.29, 1.82) is 0 Å². The van der Waals surface area contributed by atoms with Crippen LogP contribution in [0.1, 0.15) is 5.56 Å². The summed E-state index contributed by atoms with van der Waals surface area (Å²) in [5.41, 5.74) is 12.7. The third kappa shape index (κ3) is 2.36. The molecule has 3 heteroatoms. The summed E-state index contributed by atoms with van der Waals surface area (Å²) in [6.45, 7) is 3.58. The molecule has 1 aromatic heterocycles. The predicted molar refractivity (Wildman–Crippen MR) is 49.2 cm³/mol. The van der Waals surface area contributed by atoms with Crippen LogP contribution in [-0.4, -0.2) is 11.0 Å². The van der Waals surface area contributed by atoms with Crippen molar-refractivity contribution in [3.8, 4) is 0 Å². The number of hydrogen-bond acceptors (Lipinski definition) is 3.